The van der Waals surface area contributed by atoms with Crippen LogP contribution < -0.4 is 5.32 Å². The molecule has 1 amide bonds. The molecule has 1 aromatic rings. The molecule has 110 valence electrons. The Morgan fingerprint density at radius 2 is 2.30 bits per heavy atom. The second-order valence-corrected chi connectivity index (χ2v) is 5.55. The summed E-state index contributed by atoms with van der Waals surface area (Å²) in [5.41, 5.74) is 2.90. The largest absolute Gasteiger partial charge is 0.396 e. The fourth-order valence-corrected chi connectivity index (χ4v) is 2.93. The predicted molar refractivity (Wildman–Crippen MR) is 81.1 cm³/mol. The van der Waals surface area contributed by atoms with E-state index in [0.717, 1.165) is 49.2 Å². The Labute approximate surface area is 120 Å². The molecule has 0 bridgehead atoms. The van der Waals surface area contributed by atoms with Crippen LogP contribution in [0.3, 0.4) is 0 Å². The molecule has 1 unspecified atom stereocenters. The Bertz CT molecular complexity index is 472. The molecular weight excluding hydrogens is 252 g/mol. The van der Waals surface area contributed by atoms with E-state index < -0.39 is 0 Å². The molecule has 0 aliphatic carbocycles. The van der Waals surface area contributed by atoms with Crippen molar-refractivity contribution in [1.29, 1.82) is 0 Å². The van der Waals surface area contributed by atoms with Gasteiger partial charge >= 0.3 is 0 Å². The third kappa shape index (κ3) is 3.31. The molecule has 0 saturated carbocycles. The zero-order valence-corrected chi connectivity index (χ0v) is 12.4. The van der Waals surface area contributed by atoms with E-state index in [2.05, 4.69) is 5.32 Å². The number of rotatable bonds is 4. The van der Waals surface area contributed by atoms with Gasteiger partial charge in [-0.1, -0.05) is 0 Å². The summed E-state index contributed by atoms with van der Waals surface area (Å²) in [5, 5.41) is 12.2. The van der Waals surface area contributed by atoms with Crippen molar-refractivity contribution in [2.24, 2.45) is 5.92 Å². The molecule has 4 heteroatoms. The van der Waals surface area contributed by atoms with Crippen LogP contribution in [0.4, 0.5) is 5.69 Å². The van der Waals surface area contributed by atoms with Gasteiger partial charge in [0.2, 0.25) is 0 Å². The molecule has 0 radical (unpaired) electrons. The molecule has 1 aromatic carbocycles. The minimum absolute atomic E-state index is 0.110. The molecule has 1 atom stereocenters. The van der Waals surface area contributed by atoms with Crippen molar-refractivity contribution in [2.75, 3.05) is 32.1 Å². The first-order chi connectivity index (χ1) is 9.65. The number of aliphatic hydroxyl groups excluding tert-OH is 1. The van der Waals surface area contributed by atoms with Gasteiger partial charge in [0, 0.05) is 38.0 Å². The summed E-state index contributed by atoms with van der Waals surface area (Å²) in [6.45, 7) is 3.82. The molecule has 2 rings (SSSR count). The standard InChI is InChI=1S/C16H24N2O2/c1-12-10-14(5-6-15(12)17-2)16(20)18-8-3-4-13(11-18)7-9-19/h5-6,10,13,17,19H,3-4,7-9,11H2,1-2H3. The molecule has 2 N–H and O–H groups in total. The van der Waals surface area contributed by atoms with E-state index in [1.54, 1.807) is 0 Å². The lowest BCUT2D eigenvalue weighted by Crippen LogP contribution is -2.40. The zero-order valence-electron chi connectivity index (χ0n) is 12.4. The number of benzene rings is 1. The third-order valence-electron chi connectivity index (χ3n) is 4.09. The van der Waals surface area contributed by atoms with E-state index in [0.29, 0.717) is 5.92 Å². The average Bonchev–Trinajstić information content (AvgIpc) is 2.47. The Morgan fingerprint density at radius 3 is 2.95 bits per heavy atom. The Kier molecular flexibility index (Phi) is 5.01. The number of nitrogens with zero attached hydrogens (tertiary/aromatic N) is 1. The summed E-state index contributed by atoms with van der Waals surface area (Å²) < 4.78 is 0. The molecule has 1 fully saturated rings. The lowest BCUT2D eigenvalue weighted by molar-refractivity contribution is 0.0653. The van der Waals surface area contributed by atoms with Crippen molar-refractivity contribution < 1.29 is 9.90 Å². The number of carbonyl (C=O) groups is 1. The maximum absolute atomic E-state index is 12.5. The quantitative estimate of drug-likeness (QED) is 0.887. The summed E-state index contributed by atoms with van der Waals surface area (Å²) in [5.74, 6) is 0.550. The Hall–Kier alpha value is -1.55. The number of amides is 1. The minimum Gasteiger partial charge on any atom is -0.396 e. The normalized spacial score (nSPS) is 18.9. The number of nitrogens with one attached hydrogen (secondary N) is 1. The van der Waals surface area contributed by atoms with Gasteiger partial charge in [-0.3, -0.25) is 4.79 Å². The maximum atomic E-state index is 12.5. The number of carbonyl (C=O) groups excluding carboxylic acids is 1. The third-order valence-corrected chi connectivity index (χ3v) is 4.09. The highest BCUT2D eigenvalue weighted by atomic mass is 16.3. The average molecular weight is 276 g/mol. The van der Waals surface area contributed by atoms with Crippen LogP contribution in [-0.2, 0) is 0 Å². The fraction of sp³-hybridized carbons (Fsp3) is 0.562. The highest BCUT2D eigenvalue weighted by Crippen LogP contribution is 2.22. The number of hydrogen-bond acceptors (Lipinski definition) is 3. The van der Waals surface area contributed by atoms with Crippen LogP contribution in [0, 0.1) is 12.8 Å². The van der Waals surface area contributed by atoms with Gasteiger partial charge < -0.3 is 15.3 Å². The van der Waals surface area contributed by atoms with Gasteiger partial charge in [-0.25, -0.2) is 0 Å². The van der Waals surface area contributed by atoms with Crippen LogP contribution in [0.1, 0.15) is 35.2 Å². The zero-order chi connectivity index (χ0) is 14.5. The fourth-order valence-electron chi connectivity index (χ4n) is 2.93. The molecule has 1 saturated heterocycles. The first-order valence-electron chi connectivity index (χ1n) is 7.34. The SMILES string of the molecule is CNc1ccc(C(=O)N2CCCC(CCO)C2)cc1C. The lowest BCUT2D eigenvalue weighted by atomic mass is 9.94. The van der Waals surface area contributed by atoms with Crippen molar-refractivity contribution in [2.45, 2.75) is 26.2 Å². The van der Waals surface area contributed by atoms with Gasteiger partial charge in [-0.2, -0.15) is 0 Å². The highest BCUT2D eigenvalue weighted by molar-refractivity contribution is 5.95. The van der Waals surface area contributed by atoms with E-state index in [1.165, 1.54) is 0 Å². The monoisotopic (exact) mass is 276 g/mol. The molecule has 20 heavy (non-hydrogen) atoms. The van der Waals surface area contributed by atoms with Crippen molar-refractivity contribution in [3.8, 4) is 0 Å². The molecule has 1 aliphatic heterocycles. The van der Waals surface area contributed by atoms with Gasteiger partial charge in [0.05, 0.1) is 0 Å². The van der Waals surface area contributed by atoms with Crippen LogP contribution in [0.2, 0.25) is 0 Å². The second-order valence-electron chi connectivity index (χ2n) is 5.55. The van der Waals surface area contributed by atoms with Crippen molar-refractivity contribution in [1.82, 2.24) is 4.90 Å². The number of likely N-dealkylation sites (tertiary alicyclic amines) is 1. The van der Waals surface area contributed by atoms with Gasteiger partial charge in [0.25, 0.3) is 5.91 Å². The van der Waals surface area contributed by atoms with Crippen molar-refractivity contribution in [3.63, 3.8) is 0 Å². The van der Waals surface area contributed by atoms with Crippen LogP contribution in [0.15, 0.2) is 18.2 Å². The van der Waals surface area contributed by atoms with Gasteiger partial charge in [0.15, 0.2) is 0 Å². The number of anilines is 1. The van der Waals surface area contributed by atoms with Gasteiger partial charge in [0.1, 0.15) is 0 Å². The van der Waals surface area contributed by atoms with Crippen LogP contribution in [0.5, 0.6) is 0 Å². The molecule has 1 aliphatic rings. The summed E-state index contributed by atoms with van der Waals surface area (Å²) in [7, 11) is 1.88. The summed E-state index contributed by atoms with van der Waals surface area (Å²) in [4.78, 5) is 14.5. The topological polar surface area (TPSA) is 52.6 Å². The molecule has 0 spiro atoms. The summed E-state index contributed by atoms with van der Waals surface area (Å²) in [6.07, 6.45) is 2.94. The predicted octanol–water partition coefficient (Wildman–Crippen LogP) is 2.27. The molecular formula is C16H24N2O2. The smallest absolute Gasteiger partial charge is 0.253 e. The summed E-state index contributed by atoms with van der Waals surface area (Å²) in [6, 6.07) is 5.79. The minimum atomic E-state index is 0.110. The van der Waals surface area contributed by atoms with E-state index in [1.807, 2.05) is 37.1 Å². The van der Waals surface area contributed by atoms with E-state index in [4.69, 9.17) is 5.11 Å². The van der Waals surface area contributed by atoms with Gasteiger partial charge in [-0.15, -0.1) is 0 Å². The Morgan fingerprint density at radius 1 is 1.50 bits per heavy atom. The molecule has 4 nitrogen and oxygen atoms in total. The van der Waals surface area contributed by atoms with E-state index >= 15 is 0 Å². The van der Waals surface area contributed by atoms with Crippen molar-refractivity contribution in [3.05, 3.63) is 29.3 Å². The Balaban J connectivity index is 2.08. The number of hydrogen-bond donors (Lipinski definition) is 2. The first-order valence-corrected chi connectivity index (χ1v) is 7.34. The summed E-state index contributed by atoms with van der Waals surface area (Å²) >= 11 is 0. The number of piperidine rings is 1. The van der Waals surface area contributed by atoms with Crippen LogP contribution in [0.25, 0.3) is 0 Å². The second kappa shape index (κ2) is 6.75. The van der Waals surface area contributed by atoms with E-state index in [-0.39, 0.29) is 12.5 Å². The highest BCUT2D eigenvalue weighted by Gasteiger charge is 2.24. The maximum Gasteiger partial charge on any atom is 0.253 e. The lowest BCUT2D eigenvalue weighted by Gasteiger charge is -2.32. The number of aryl methyl sites for hydroxylation is 1. The molecule has 0 aromatic heterocycles. The van der Waals surface area contributed by atoms with Crippen LogP contribution in [-0.4, -0.2) is 42.7 Å². The van der Waals surface area contributed by atoms with Crippen molar-refractivity contribution >= 4 is 11.6 Å². The molecule has 1 heterocycles. The van der Waals surface area contributed by atoms with Gasteiger partial charge in [-0.05, 0) is 55.9 Å². The number of aliphatic hydroxyl groups is 1. The van der Waals surface area contributed by atoms with Crippen LogP contribution >= 0.6 is 0 Å². The first kappa shape index (κ1) is 14.9. The van der Waals surface area contributed by atoms with E-state index in [9.17, 15) is 4.79 Å².